The fourth-order valence-corrected chi connectivity index (χ4v) is 16.3. The highest BCUT2D eigenvalue weighted by Gasteiger charge is 2.26. The van der Waals surface area contributed by atoms with Gasteiger partial charge in [0.1, 0.15) is 50.5 Å². The molecule has 109 heavy (non-hydrogen) atoms. The highest BCUT2D eigenvalue weighted by molar-refractivity contribution is 6.21. The molecule has 12 aromatic heterocycles. The fraction of sp³-hybridized carbons (Fsp3) is 0.175. The molecule has 1 aliphatic carbocycles. The molecule has 0 aliphatic heterocycles. The summed E-state index contributed by atoms with van der Waals surface area (Å²) in [7, 11) is 8.16. The van der Waals surface area contributed by atoms with Crippen LogP contribution < -0.4 is 18.3 Å². The number of rotatable bonds is 6. The first-order valence-electron chi connectivity index (χ1n) is 39.7. The van der Waals surface area contributed by atoms with Gasteiger partial charge in [-0.2, -0.15) is 0 Å². The summed E-state index contributed by atoms with van der Waals surface area (Å²) in [6.07, 6.45) is 19.8. The van der Waals surface area contributed by atoms with Crippen molar-refractivity contribution in [3.63, 3.8) is 0 Å². The predicted molar refractivity (Wildman–Crippen MR) is 442 cm³/mol. The van der Waals surface area contributed by atoms with E-state index in [1.54, 1.807) is 6.07 Å². The van der Waals surface area contributed by atoms with Gasteiger partial charge in [0, 0.05) is 146 Å². The van der Waals surface area contributed by atoms with Crippen molar-refractivity contribution < 1.29 is 42.8 Å². The third kappa shape index (κ3) is 12.2. The molecule has 1 saturated carbocycles. The zero-order valence-corrected chi connectivity index (χ0v) is 62.7. The third-order valence-corrected chi connectivity index (χ3v) is 22.1. The van der Waals surface area contributed by atoms with Crippen molar-refractivity contribution in [2.75, 3.05) is 0 Å². The zero-order valence-electron chi connectivity index (χ0n) is 67.7. The molecule has 20 aromatic rings. The number of pyridine rings is 8. The number of hydrogen-bond acceptors (Lipinski definition) is 8. The lowest BCUT2D eigenvalue weighted by atomic mass is 9.94. The van der Waals surface area contributed by atoms with Crippen LogP contribution in [-0.4, -0.2) is 19.9 Å². The smallest absolute Gasteiger partial charge is 0.227 e. The molecule has 1 atom stereocenters. The minimum absolute atomic E-state index is 0.453. The fourth-order valence-electron chi connectivity index (χ4n) is 16.3. The lowest BCUT2D eigenvalue weighted by Gasteiger charge is -2.11. The minimum Gasteiger partial charge on any atom is -0.438 e. The Bertz CT molecular complexity index is 7310. The standard InChI is InChI=1S/C27H25N2O.C25H23N2O.C23H19N2O.C22H17N2O/c1-17-13-25-23(26-21-10-6-5-9-20(21)16-28-27(26)30-25)15-22(17)24-14-19(11-12-29(24)2)18-7-3-4-8-18;1-15(2)17-9-10-27(4)22(12-17)20-13-21-23(11-16(20)3)28-25-24(21)19-8-6-5-7-18(19)14-26-25;1-14-8-9-25(3)20(10-14)18-12-19-21(11-15(18)2)26-23-22(19)17-7-5-4-6-16(17)13-24-23;1-14-11-20-18(12-17(14)19-9-5-6-10-24(19)2)21-16-8-4-3-7-15(16)13-23-22(21)25-20/h5-6,9-16,18H,3-4,7-8H2,1-2H3;5-15H,1-4H3;4-13H,1-3H3;3-13H,1-2H3/q4*+1/i18D;1D3,15D;;. The van der Waals surface area contributed by atoms with Crippen LogP contribution in [0.15, 0.2) is 267 Å². The van der Waals surface area contributed by atoms with Crippen molar-refractivity contribution >= 4 is 131 Å². The second-order valence-electron chi connectivity index (χ2n) is 29.3. The third-order valence-electron chi connectivity index (χ3n) is 22.1. The molecular weight excluding hydrogens is 1340 g/mol. The molecule has 12 nitrogen and oxygen atoms in total. The maximum absolute atomic E-state index is 8.98. The number of hydrogen-bond donors (Lipinski definition) is 0. The average molecular weight is 1430 g/mol. The van der Waals surface area contributed by atoms with Gasteiger partial charge in [-0.15, -0.1) is 0 Å². The first-order valence-corrected chi connectivity index (χ1v) is 37.2. The number of aromatic nitrogens is 8. The lowest BCUT2D eigenvalue weighted by Crippen LogP contribution is -2.31. The molecule has 0 bridgehead atoms. The largest absolute Gasteiger partial charge is 0.438 e. The molecule has 0 N–H and O–H groups in total. The summed E-state index contributed by atoms with van der Waals surface area (Å²) in [6.45, 7) is 9.53. The molecule has 12 heteroatoms. The molecular formula is C97H84N8O4+4. The van der Waals surface area contributed by atoms with E-state index in [2.05, 4.69) is 241 Å². The highest BCUT2D eigenvalue weighted by atomic mass is 16.4. The van der Waals surface area contributed by atoms with Gasteiger partial charge < -0.3 is 17.7 Å². The maximum Gasteiger partial charge on any atom is 0.227 e. The highest BCUT2D eigenvalue weighted by Crippen LogP contribution is 2.43. The van der Waals surface area contributed by atoms with Gasteiger partial charge in [0.2, 0.25) is 45.6 Å². The van der Waals surface area contributed by atoms with Crippen LogP contribution in [0.2, 0.25) is 0 Å². The summed E-state index contributed by atoms with van der Waals surface area (Å²) in [5.41, 5.74) is 22.4. The Morgan fingerprint density at radius 3 is 1.10 bits per heavy atom. The van der Waals surface area contributed by atoms with Crippen LogP contribution in [0.4, 0.5) is 0 Å². The molecule has 0 saturated heterocycles. The van der Waals surface area contributed by atoms with E-state index >= 15 is 0 Å². The van der Waals surface area contributed by atoms with Crippen LogP contribution >= 0.6 is 0 Å². The van der Waals surface area contributed by atoms with Crippen LogP contribution in [0.1, 0.15) is 97.0 Å². The molecule has 1 aliphatic rings. The number of nitrogens with zero attached hydrogens (tertiary/aromatic N) is 8. The van der Waals surface area contributed by atoms with Crippen molar-refractivity contribution in [2.24, 2.45) is 28.2 Å². The van der Waals surface area contributed by atoms with Crippen LogP contribution in [0, 0.1) is 34.6 Å². The lowest BCUT2D eigenvalue weighted by molar-refractivity contribution is -0.660. The van der Waals surface area contributed by atoms with E-state index in [-0.39, 0.29) is 0 Å². The van der Waals surface area contributed by atoms with Gasteiger partial charge in [-0.3, -0.25) is 0 Å². The van der Waals surface area contributed by atoms with Gasteiger partial charge in [-0.25, -0.2) is 38.2 Å². The second-order valence-corrected chi connectivity index (χ2v) is 29.3. The molecule has 12 heterocycles. The topological polar surface area (TPSA) is 120 Å². The summed E-state index contributed by atoms with van der Waals surface area (Å²) in [6, 6.07) is 68.8. The number of aryl methyl sites for hydroxylation is 9. The minimum atomic E-state index is -2.44. The molecule has 0 radical (unpaired) electrons. The van der Waals surface area contributed by atoms with Crippen LogP contribution in [0.25, 0.3) is 176 Å². The average Bonchev–Trinajstić information content (AvgIpc) is 1.57. The summed E-state index contributed by atoms with van der Waals surface area (Å²) in [4.78, 5) is 18.1. The molecule has 532 valence electrons. The quantitative estimate of drug-likeness (QED) is 0.151. The normalized spacial score (nSPS) is 14.2. The Balaban J connectivity index is 0.000000106. The Hall–Kier alpha value is -12.8. The summed E-state index contributed by atoms with van der Waals surface area (Å²) in [5.74, 6) is -2.17. The van der Waals surface area contributed by atoms with E-state index < -0.39 is 18.6 Å². The zero-order chi connectivity index (χ0) is 78.8. The molecule has 21 rings (SSSR count). The van der Waals surface area contributed by atoms with Crippen molar-refractivity contribution in [2.45, 2.75) is 85.9 Å². The van der Waals surface area contributed by atoms with Gasteiger partial charge in [0.25, 0.3) is 0 Å². The SMILES string of the molecule is Cc1cc2oc3ncc4ccccc4c3c2cc1-c1cccc[n+]1C.Cc1cc[n+](C)c(-c2cc3c(cc2C)oc2ncc4ccccc4c23)c1.[2H]C([2H])([2H])C([2H])(C)c1cc[n+](C)c(-c2cc3c(cc2C)oc2ncc4ccccc4c23)c1.[2H]C1(c2cc[n+](C)c(-c3cc4c(cc3C)oc3ncc5ccccc5c34)c2)CCCC1. The van der Waals surface area contributed by atoms with Gasteiger partial charge in [0.15, 0.2) is 24.8 Å². The maximum atomic E-state index is 8.98. The molecule has 0 amide bonds. The monoisotopic (exact) mass is 1430 g/mol. The van der Waals surface area contributed by atoms with Crippen molar-refractivity contribution in [3.8, 4) is 45.0 Å². The van der Waals surface area contributed by atoms with Gasteiger partial charge >= 0.3 is 0 Å². The van der Waals surface area contributed by atoms with Crippen molar-refractivity contribution in [1.29, 1.82) is 0 Å². The predicted octanol–water partition coefficient (Wildman–Crippen LogP) is 22.8. The van der Waals surface area contributed by atoms with Crippen LogP contribution in [0.5, 0.6) is 0 Å². The Morgan fingerprint density at radius 1 is 0.367 bits per heavy atom. The molecule has 1 unspecified atom stereocenters. The van der Waals surface area contributed by atoms with Crippen molar-refractivity contribution in [3.05, 3.63) is 289 Å². The second kappa shape index (κ2) is 27.5. The van der Waals surface area contributed by atoms with E-state index in [9.17, 15) is 0 Å². The first-order chi connectivity index (χ1) is 54.9. The van der Waals surface area contributed by atoms with E-state index in [1.807, 2.05) is 104 Å². The van der Waals surface area contributed by atoms with Gasteiger partial charge in [-0.05, 0) is 174 Å². The van der Waals surface area contributed by atoms with E-state index in [0.717, 1.165) is 157 Å². The number of benzene rings is 8. The number of furan rings is 4. The molecule has 0 spiro atoms. The Labute approximate surface area is 638 Å². The van der Waals surface area contributed by atoms with Crippen LogP contribution in [0.3, 0.4) is 0 Å². The van der Waals surface area contributed by atoms with E-state index in [0.29, 0.717) is 28.4 Å². The Kier molecular flexibility index (Phi) is 15.8. The molecule has 1 fully saturated rings. The first kappa shape index (κ1) is 62.4. The summed E-state index contributed by atoms with van der Waals surface area (Å²) < 4.78 is 73.7. The summed E-state index contributed by atoms with van der Waals surface area (Å²) >= 11 is 0. The van der Waals surface area contributed by atoms with Crippen molar-refractivity contribution in [1.82, 2.24) is 19.9 Å². The van der Waals surface area contributed by atoms with Crippen LogP contribution in [-0.2, 0) is 28.2 Å². The number of fused-ring (bicyclic) bond motifs is 20. The van der Waals surface area contributed by atoms with Gasteiger partial charge in [0.05, 0.1) is 21.5 Å². The molecule has 8 aromatic carbocycles. The summed E-state index contributed by atoms with van der Waals surface area (Å²) in [5, 5.41) is 17.5. The van der Waals surface area contributed by atoms with Gasteiger partial charge in [-0.1, -0.05) is 124 Å². The van der Waals surface area contributed by atoms with E-state index in [1.165, 1.54) is 62.5 Å². The van der Waals surface area contributed by atoms with E-state index in [4.69, 9.17) is 24.5 Å². The Morgan fingerprint density at radius 2 is 0.706 bits per heavy atom.